The molecule has 3 N–H and O–H groups in total. The van der Waals surface area contributed by atoms with Gasteiger partial charge in [0.15, 0.2) is 5.58 Å². The number of fused-ring (bicyclic) bond motifs is 1. The minimum absolute atomic E-state index is 0.164. The number of hydrogen-bond acceptors (Lipinski definition) is 4. The van der Waals surface area contributed by atoms with Gasteiger partial charge in [-0.1, -0.05) is 36.6 Å². The highest BCUT2D eigenvalue weighted by molar-refractivity contribution is 6.34. The number of ether oxygens (including phenoxy) is 1. The molecule has 114 valence electrons. The van der Waals surface area contributed by atoms with Crippen LogP contribution in [0, 0.1) is 0 Å². The van der Waals surface area contributed by atoms with E-state index >= 15 is 0 Å². The van der Waals surface area contributed by atoms with E-state index in [-0.39, 0.29) is 11.6 Å². The molecule has 0 bridgehead atoms. The Kier molecular flexibility index (Phi) is 4.22. The maximum absolute atomic E-state index is 6.20. The third-order valence-electron chi connectivity index (χ3n) is 4.37. The molecule has 0 spiro atoms. The van der Waals surface area contributed by atoms with Crippen LogP contribution in [0.4, 0.5) is 0 Å². The van der Waals surface area contributed by atoms with E-state index in [1.54, 1.807) is 0 Å². The molecule has 1 aromatic heterocycles. The first-order chi connectivity index (χ1) is 10.2. The second kappa shape index (κ2) is 5.97. The molecule has 4 nitrogen and oxygen atoms in total. The highest BCUT2D eigenvalue weighted by Crippen LogP contribution is 2.44. The summed E-state index contributed by atoms with van der Waals surface area (Å²) in [6.07, 6.45) is 4.28. The summed E-state index contributed by atoms with van der Waals surface area (Å²) in [4.78, 5) is 0. The fourth-order valence-corrected chi connectivity index (χ4v) is 3.68. The van der Waals surface area contributed by atoms with Crippen LogP contribution < -0.4 is 11.3 Å². The molecule has 1 saturated carbocycles. The Morgan fingerprint density at radius 2 is 2.19 bits per heavy atom. The minimum Gasteiger partial charge on any atom is -0.458 e. The van der Waals surface area contributed by atoms with Crippen molar-refractivity contribution in [1.82, 2.24) is 5.43 Å². The molecule has 1 heterocycles. The maximum atomic E-state index is 6.20. The number of nitrogens with one attached hydrogen (secondary N) is 1. The van der Waals surface area contributed by atoms with Gasteiger partial charge in [-0.3, -0.25) is 5.84 Å². The fraction of sp³-hybridized carbons (Fsp3) is 0.500. The van der Waals surface area contributed by atoms with E-state index in [0.717, 1.165) is 36.8 Å². The van der Waals surface area contributed by atoms with Gasteiger partial charge in [-0.05, 0) is 31.9 Å². The zero-order chi connectivity index (χ0) is 14.9. The van der Waals surface area contributed by atoms with Gasteiger partial charge in [0.25, 0.3) is 0 Å². The largest absolute Gasteiger partial charge is 0.458 e. The molecule has 1 aliphatic rings. The van der Waals surface area contributed by atoms with Crippen molar-refractivity contribution < 1.29 is 9.15 Å². The number of para-hydroxylation sites is 1. The zero-order valence-electron chi connectivity index (χ0n) is 12.2. The molecular weight excluding hydrogens is 288 g/mol. The molecule has 0 aliphatic heterocycles. The summed E-state index contributed by atoms with van der Waals surface area (Å²) < 4.78 is 12.1. The molecule has 21 heavy (non-hydrogen) atoms. The van der Waals surface area contributed by atoms with Crippen molar-refractivity contribution in [1.29, 1.82) is 0 Å². The van der Waals surface area contributed by atoms with Gasteiger partial charge in [0.2, 0.25) is 0 Å². The van der Waals surface area contributed by atoms with E-state index in [0.29, 0.717) is 17.2 Å². The predicted octanol–water partition coefficient (Wildman–Crippen LogP) is 3.94. The van der Waals surface area contributed by atoms with Gasteiger partial charge in [0, 0.05) is 12.0 Å². The Labute approximate surface area is 129 Å². The number of halogens is 1. The van der Waals surface area contributed by atoms with Crippen LogP contribution in [-0.2, 0) is 4.74 Å². The number of furan rings is 1. The van der Waals surface area contributed by atoms with E-state index in [1.165, 1.54) is 0 Å². The Hall–Kier alpha value is -1.07. The number of hydrogen-bond donors (Lipinski definition) is 2. The third-order valence-corrected chi connectivity index (χ3v) is 4.67. The van der Waals surface area contributed by atoms with Crippen molar-refractivity contribution in [3.8, 4) is 0 Å². The maximum Gasteiger partial charge on any atom is 0.152 e. The van der Waals surface area contributed by atoms with Crippen LogP contribution in [0.2, 0.25) is 5.02 Å². The average Bonchev–Trinajstić information content (AvgIpc) is 3.09. The van der Waals surface area contributed by atoms with Crippen LogP contribution in [0.5, 0.6) is 0 Å². The van der Waals surface area contributed by atoms with Gasteiger partial charge in [-0.2, -0.15) is 0 Å². The van der Waals surface area contributed by atoms with Crippen LogP contribution >= 0.6 is 11.6 Å². The van der Waals surface area contributed by atoms with E-state index < -0.39 is 0 Å². The van der Waals surface area contributed by atoms with Gasteiger partial charge in [-0.25, -0.2) is 5.43 Å². The highest BCUT2D eigenvalue weighted by atomic mass is 35.5. The molecule has 3 rings (SSSR count). The normalized spacial score (nSPS) is 19.2. The summed E-state index contributed by atoms with van der Waals surface area (Å²) >= 11 is 6.20. The van der Waals surface area contributed by atoms with Crippen molar-refractivity contribution in [3.05, 3.63) is 35.0 Å². The third kappa shape index (κ3) is 2.57. The first kappa shape index (κ1) is 14.9. The van der Waals surface area contributed by atoms with E-state index in [1.807, 2.05) is 31.2 Å². The molecule has 0 saturated heterocycles. The zero-order valence-corrected chi connectivity index (χ0v) is 13.0. The van der Waals surface area contributed by atoms with Gasteiger partial charge >= 0.3 is 0 Å². The van der Waals surface area contributed by atoms with E-state index in [4.69, 9.17) is 26.6 Å². The molecule has 0 radical (unpaired) electrons. The SMILES string of the molecule is CCOC1(C(NN)c2cc3cccc(Cl)c3o2)CCCC1. The van der Waals surface area contributed by atoms with Crippen LogP contribution in [0.15, 0.2) is 28.7 Å². The lowest BCUT2D eigenvalue weighted by Gasteiger charge is -2.35. The molecule has 1 atom stereocenters. The molecule has 0 amide bonds. The van der Waals surface area contributed by atoms with Crippen LogP contribution in [0.25, 0.3) is 11.0 Å². The minimum atomic E-state index is -0.288. The summed E-state index contributed by atoms with van der Waals surface area (Å²) in [6.45, 7) is 2.68. The summed E-state index contributed by atoms with van der Waals surface area (Å²) in [5.74, 6) is 6.62. The van der Waals surface area contributed by atoms with Gasteiger partial charge in [0.1, 0.15) is 11.8 Å². The van der Waals surface area contributed by atoms with Crippen molar-refractivity contribution in [2.45, 2.75) is 44.2 Å². The Morgan fingerprint density at radius 3 is 2.81 bits per heavy atom. The predicted molar refractivity (Wildman–Crippen MR) is 84.1 cm³/mol. The first-order valence-electron chi connectivity index (χ1n) is 7.48. The molecule has 1 aromatic carbocycles. The topological polar surface area (TPSA) is 60.4 Å². The highest BCUT2D eigenvalue weighted by Gasteiger charge is 2.44. The second-order valence-electron chi connectivity index (χ2n) is 5.61. The Balaban J connectivity index is 2.02. The van der Waals surface area contributed by atoms with E-state index in [2.05, 4.69) is 5.43 Å². The molecule has 1 unspecified atom stereocenters. The fourth-order valence-electron chi connectivity index (χ4n) is 3.46. The van der Waals surface area contributed by atoms with Gasteiger partial charge < -0.3 is 9.15 Å². The molecule has 1 fully saturated rings. The molecular formula is C16H21ClN2O2. The summed E-state index contributed by atoms with van der Waals surface area (Å²) in [7, 11) is 0. The summed E-state index contributed by atoms with van der Waals surface area (Å²) in [6, 6.07) is 7.58. The van der Waals surface area contributed by atoms with Crippen LogP contribution in [-0.4, -0.2) is 12.2 Å². The van der Waals surface area contributed by atoms with Crippen molar-refractivity contribution in [2.75, 3.05) is 6.61 Å². The lowest BCUT2D eigenvalue weighted by Crippen LogP contribution is -2.46. The Bertz CT molecular complexity index is 620. The molecule has 1 aliphatic carbocycles. The van der Waals surface area contributed by atoms with Gasteiger partial charge in [-0.15, -0.1) is 0 Å². The standard InChI is InChI=1S/C16H21ClN2O2/c1-2-20-16(8-3-4-9-16)15(19-18)13-10-11-6-5-7-12(17)14(11)21-13/h5-7,10,15,19H,2-4,8-9,18H2,1H3. The number of rotatable bonds is 5. The lowest BCUT2D eigenvalue weighted by molar-refractivity contribution is -0.0668. The number of nitrogens with two attached hydrogens (primary N) is 1. The van der Waals surface area contributed by atoms with Crippen molar-refractivity contribution >= 4 is 22.6 Å². The quantitative estimate of drug-likeness (QED) is 0.649. The average molecular weight is 309 g/mol. The monoisotopic (exact) mass is 308 g/mol. The summed E-state index contributed by atoms with van der Waals surface area (Å²) in [5, 5.41) is 1.61. The van der Waals surface area contributed by atoms with E-state index in [9.17, 15) is 0 Å². The smallest absolute Gasteiger partial charge is 0.152 e. The second-order valence-corrected chi connectivity index (χ2v) is 6.02. The molecule has 2 aromatic rings. The Morgan fingerprint density at radius 1 is 1.43 bits per heavy atom. The van der Waals surface area contributed by atoms with Crippen LogP contribution in [0.3, 0.4) is 0 Å². The summed E-state index contributed by atoms with van der Waals surface area (Å²) in [5.41, 5.74) is 3.32. The molecule has 5 heteroatoms. The first-order valence-corrected chi connectivity index (χ1v) is 7.86. The van der Waals surface area contributed by atoms with Crippen molar-refractivity contribution in [3.63, 3.8) is 0 Å². The van der Waals surface area contributed by atoms with Crippen LogP contribution in [0.1, 0.15) is 44.4 Å². The number of benzene rings is 1. The lowest BCUT2D eigenvalue weighted by atomic mass is 9.90. The van der Waals surface area contributed by atoms with Crippen molar-refractivity contribution in [2.24, 2.45) is 5.84 Å². The van der Waals surface area contributed by atoms with Gasteiger partial charge in [0.05, 0.1) is 10.6 Å². The number of hydrazine groups is 1.